The summed E-state index contributed by atoms with van der Waals surface area (Å²) in [4.78, 5) is 26.5. The predicted octanol–water partition coefficient (Wildman–Crippen LogP) is 6.10. The summed E-state index contributed by atoms with van der Waals surface area (Å²) >= 11 is 0. The summed E-state index contributed by atoms with van der Waals surface area (Å²) in [5.74, 6) is 4.00. The molecule has 32 heavy (non-hydrogen) atoms. The van der Waals surface area contributed by atoms with Crippen LogP contribution in [0.3, 0.4) is 0 Å². The second kappa shape index (κ2) is 9.91. The Bertz CT molecular complexity index is 1110. The molecule has 1 aromatic carbocycles. The molecule has 2 rings (SSSR count). The summed E-state index contributed by atoms with van der Waals surface area (Å²) in [7, 11) is -0.357. The molecule has 0 aliphatic heterocycles. The standard InChI is InChI=1S/C27H37NO3Si/c1-10-11-12-23-19(2)26(30)28(21-13-15-22(31-7)16-14-21)24(25(23)20(3)29)17-18-32(8,9)27(4,5)6/h13-16H,10-12H2,1-9H3. The summed E-state index contributed by atoms with van der Waals surface area (Å²) in [6, 6.07) is 7.32. The highest BCUT2D eigenvalue weighted by molar-refractivity contribution is 6.87. The van der Waals surface area contributed by atoms with Crippen LogP contribution in [-0.2, 0) is 6.42 Å². The Labute approximate surface area is 194 Å². The van der Waals surface area contributed by atoms with Gasteiger partial charge < -0.3 is 4.74 Å². The average molecular weight is 452 g/mol. The first-order chi connectivity index (χ1) is 14.9. The first kappa shape index (κ1) is 25.7. The molecule has 0 atom stereocenters. The van der Waals surface area contributed by atoms with Gasteiger partial charge in [-0.25, -0.2) is 0 Å². The SMILES string of the molecule is CCCCc1c(C(C)=O)c(C#C[Si](C)(C)C(C)(C)C)n(-c2ccc(OC)cc2)c(=O)c1C. The van der Waals surface area contributed by atoms with Crippen LogP contribution in [0.15, 0.2) is 29.1 Å². The summed E-state index contributed by atoms with van der Waals surface area (Å²) < 4.78 is 6.89. The molecule has 0 aliphatic rings. The predicted molar refractivity (Wildman–Crippen MR) is 136 cm³/mol. The van der Waals surface area contributed by atoms with Crippen LogP contribution in [0.1, 0.15) is 74.6 Å². The van der Waals surface area contributed by atoms with Crippen molar-refractivity contribution < 1.29 is 9.53 Å². The molecule has 0 aliphatic carbocycles. The van der Waals surface area contributed by atoms with Gasteiger partial charge in [-0.3, -0.25) is 14.2 Å². The molecule has 0 fully saturated rings. The lowest BCUT2D eigenvalue weighted by Gasteiger charge is -2.31. The van der Waals surface area contributed by atoms with Crippen molar-refractivity contribution in [1.82, 2.24) is 4.57 Å². The van der Waals surface area contributed by atoms with Gasteiger partial charge in [0.05, 0.1) is 18.4 Å². The second-order valence-electron chi connectivity index (χ2n) is 9.95. The number of ether oxygens (including phenoxy) is 1. The van der Waals surface area contributed by atoms with Crippen molar-refractivity contribution in [3.63, 3.8) is 0 Å². The third-order valence-corrected chi connectivity index (χ3v) is 11.1. The smallest absolute Gasteiger partial charge is 0.259 e. The normalized spacial score (nSPS) is 11.7. The van der Waals surface area contributed by atoms with E-state index in [1.54, 1.807) is 18.6 Å². The number of methoxy groups -OCH3 is 1. The molecule has 0 saturated carbocycles. The van der Waals surface area contributed by atoms with E-state index in [4.69, 9.17) is 4.74 Å². The zero-order valence-electron chi connectivity index (χ0n) is 21.1. The molecule has 172 valence electrons. The Morgan fingerprint density at radius 3 is 2.22 bits per heavy atom. The van der Waals surface area contributed by atoms with Gasteiger partial charge in [0.2, 0.25) is 0 Å². The van der Waals surface area contributed by atoms with E-state index in [0.717, 1.165) is 18.4 Å². The molecule has 0 unspecified atom stereocenters. The van der Waals surface area contributed by atoms with Gasteiger partial charge >= 0.3 is 0 Å². The fourth-order valence-corrected chi connectivity index (χ4v) is 4.19. The number of aromatic nitrogens is 1. The number of Topliss-reactive ketones (excluding diaryl/α,β-unsaturated/α-hetero) is 1. The fraction of sp³-hybridized carbons (Fsp3) is 0.481. The number of carbonyl (C=O) groups excluding carboxylic acids is 1. The van der Waals surface area contributed by atoms with Crippen LogP contribution < -0.4 is 10.3 Å². The molecule has 0 spiro atoms. The molecule has 0 radical (unpaired) electrons. The lowest BCUT2D eigenvalue weighted by Crippen LogP contribution is -2.36. The third-order valence-electron chi connectivity index (χ3n) is 6.57. The maximum atomic E-state index is 13.6. The Morgan fingerprint density at radius 2 is 1.75 bits per heavy atom. The largest absolute Gasteiger partial charge is 0.497 e. The molecule has 0 saturated heterocycles. The minimum atomic E-state index is -1.97. The third kappa shape index (κ3) is 5.24. The molecule has 0 N–H and O–H groups in total. The maximum absolute atomic E-state index is 13.6. The van der Waals surface area contributed by atoms with Crippen LogP contribution in [-0.4, -0.2) is 25.5 Å². The molecule has 0 bridgehead atoms. The van der Waals surface area contributed by atoms with E-state index < -0.39 is 8.07 Å². The van der Waals surface area contributed by atoms with E-state index in [0.29, 0.717) is 34.7 Å². The van der Waals surface area contributed by atoms with Crippen molar-refractivity contribution in [3.8, 4) is 22.9 Å². The van der Waals surface area contributed by atoms with Crippen LogP contribution in [0.2, 0.25) is 18.1 Å². The number of hydrogen-bond donors (Lipinski definition) is 0. The molecule has 4 nitrogen and oxygen atoms in total. The van der Waals surface area contributed by atoms with Crippen molar-refractivity contribution in [3.05, 3.63) is 57.0 Å². The van der Waals surface area contributed by atoms with Crippen molar-refractivity contribution in [2.45, 2.75) is 78.9 Å². The molecule has 0 amide bonds. The van der Waals surface area contributed by atoms with Gasteiger partial charge in [-0.2, -0.15) is 0 Å². The van der Waals surface area contributed by atoms with Crippen molar-refractivity contribution >= 4 is 13.9 Å². The van der Waals surface area contributed by atoms with Crippen LogP contribution >= 0.6 is 0 Å². The number of nitrogens with zero attached hydrogens (tertiary/aromatic N) is 1. The van der Waals surface area contributed by atoms with Gasteiger partial charge in [-0.15, -0.1) is 5.54 Å². The zero-order valence-corrected chi connectivity index (χ0v) is 22.1. The summed E-state index contributed by atoms with van der Waals surface area (Å²) in [6.45, 7) is 16.6. The molecule has 1 aromatic heterocycles. The molecule has 2 aromatic rings. The summed E-state index contributed by atoms with van der Waals surface area (Å²) in [6.07, 6.45) is 2.61. The number of ketones is 1. The summed E-state index contributed by atoms with van der Waals surface area (Å²) in [5.41, 5.74) is 6.64. The number of pyridine rings is 1. The highest BCUT2D eigenvalue weighted by Gasteiger charge is 2.34. The van der Waals surface area contributed by atoms with Crippen LogP contribution in [0.4, 0.5) is 0 Å². The molecule has 1 heterocycles. The van der Waals surface area contributed by atoms with E-state index in [9.17, 15) is 9.59 Å². The monoisotopic (exact) mass is 451 g/mol. The molecular formula is C27H37NO3Si. The first-order valence-electron chi connectivity index (χ1n) is 11.3. The van der Waals surface area contributed by atoms with Crippen LogP contribution in [0, 0.1) is 18.4 Å². The van der Waals surface area contributed by atoms with Crippen LogP contribution in [0.25, 0.3) is 5.69 Å². The van der Waals surface area contributed by atoms with E-state index in [1.807, 2.05) is 31.2 Å². The van der Waals surface area contributed by atoms with Gasteiger partial charge in [0.15, 0.2) is 5.78 Å². The lowest BCUT2D eigenvalue weighted by atomic mass is 9.94. The van der Waals surface area contributed by atoms with Gasteiger partial charge in [0.1, 0.15) is 19.5 Å². The van der Waals surface area contributed by atoms with E-state index >= 15 is 0 Å². The number of benzene rings is 1. The lowest BCUT2D eigenvalue weighted by molar-refractivity contribution is 0.101. The van der Waals surface area contributed by atoms with Crippen molar-refractivity contribution in [2.75, 3.05) is 7.11 Å². The maximum Gasteiger partial charge on any atom is 0.259 e. The summed E-state index contributed by atoms with van der Waals surface area (Å²) in [5, 5.41) is 0.0668. The van der Waals surface area contributed by atoms with Gasteiger partial charge in [0, 0.05) is 5.56 Å². The van der Waals surface area contributed by atoms with Crippen molar-refractivity contribution in [1.29, 1.82) is 0 Å². The van der Waals surface area contributed by atoms with E-state index in [2.05, 4.69) is 52.3 Å². The fourth-order valence-electron chi connectivity index (χ4n) is 3.38. The number of rotatable bonds is 6. The second-order valence-corrected chi connectivity index (χ2v) is 15.0. The van der Waals surface area contributed by atoms with Gasteiger partial charge in [-0.05, 0) is 61.6 Å². The van der Waals surface area contributed by atoms with Crippen LogP contribution in [0.5, 0.6) is 5.75 Å². The quantitative estimate of drug-likeness (QED) is 0.303. The number of hydrogen-bond acceptors (Lipinski definition) is 3. The van der Waals surface area contributed by atoms with Gasteiger partial charge in [-0.1, -0.05) is 53.1 Å². The zero-order chi connectivity index (χ0) is 24.3. The van der Waals surface area contributed by atoms with E-state index in [-0.39, 0.29) is 16.4 Å². The number of unbranched alkanes of at least 4 members (excludes halogenated alkanes) is 1. The van der Waals surface area contributed by atoms with Gasteiger partial charge in [0.25, 0.3) is 5.56 Å². The Morgan fingerprint density at radius 1 is 1.16 bits per heavy atom. The number of carbonyl (C=O) groups is 1. The average Bonchev–Trinajstić information content (AvgIpc) is 2.72. The molecule has 5 heteroatoms. The Hall–Kier alpha value is -2.58. The Kier molecular flexibility index (Phi) is 7.95. The topological polar surface area (TPSA) is 48.3 Å². The van der Waals surface area contributed by atoms with E-state index in [1.165, 1.54) is 0 Å². The first-order valence-corrected chi connectivity index (χ1v) is 14.3. The van der Waals surface area contributed by atoms with Crippen molar-refractivity contribution in [2.24, 2.45) is 0 Å². The molecular weight excluding hydrogens is 414 g/mol. The minimum absolute atomic E-state index is 0.0546. The minimum Gasteiger partial charge on any atom is -0.497 e. The highest BCUT2D eigenvalue weighted by Crippen LogP contribution is 2.35. The highest BCUT2D eigenvalue weighted by atomic mass is 28.3. The Balaban J connectivity index is 2.97.